The summed E-state index contributed by atoms with van der Waals surface area (Å²) in [5.41, 5.74) is 7.42. The number of benzene rings is 1. The fraction of sp³-hybridized carbons (Fsp3) is 0.462. The van der Waals surface area contributed by atoms with Gasteiger partial charge in [0.05, 0.1) is 12.4 Å². The standard InChI is InChI=1S/C13H19NO3S/c1-7(2)8-4-5-10(17-3)9(6-8)12(18)11(14)13(15)16/h4-7,11-12,18H,14H2,1-3H3,(H,15,16). The van der Waals surface area contributed by atoms with Gasteiger partial charge in [0, 0.05) is 5.56 Å². The molecule has 0 aliphatic carbocycles. The highest BCUT2D eigenvalue weighted by molar-refractivity contribution is 7.80. The number of nitrogens with two attached hydrogens (primary N) is 1. The van der Waals surface area contributed by atoms with Crippen LogP contribution in [-0.4, -0.2) is 24.2 Å². The summed E-state index contributed by atoms with van der Waals surface area (Å²) in [6, 6.07) is 4.62. The minimum Gasteiger partial charge on any atom is -0.496 e. The molecule has 0 aromatic heterocycles. The van der Waals surface area contributed by atoms with Crippen LogP contribution in [0.1, 0.15) is 36.1 Å². The Labute approximate surface area is 113 Å². The van der Waals surface area contributed by atoms with Crippen LogP contribution in [0.3, 0.4) is 0 Å². The van der Waals surface area contributed by atoms with Crippen molar-refractivity contribution >= 4 is 18.6 Å². The van der Waals surface area contributed by atoms with Crippen LogP contribution in [0.4, 0.5) is 0 Å². The second kappa shape index (κ2) is 6.11. The summed E-state index contributed by atoms with van der Waals surface area (Å²) in [6.07, 6.45) is 0. The molecule has 2 unspecified atom stereocenters. The molecular weight excluding hydrogens is 250 g/mol. The Kier molecular flexibility index (Phi) is 5.04. The first kappa shape index (κ1) is 14.9. The van der Waals surface area contributed by atoms with Gasteiger partial charge in [0.25, 0.3) is 0 Å². The van der Waals surface area contributed by atoms with Crippen molar-refractivity contribution in [3.8, 4) is 5.75 Å². The van der Waals surface area contributed by atoms with Crippen LogP contribution in [0.2, 0.25) is 0 Å². The van der Waals surface area contributed by atoms with Crippen LogP contribution in [0, 0.1) is 0 Å². The minimum absolute atomic E-state index is 0.344. The Balaban J connectivity index is 3.19. The zero-order valence-electron chi connectivity index (χ0n) is 10.8. The number of carboxylic acids is 1. The number of hydrogen-bond acceptors (Lipinski definition) is 4. The Morgan fingerprint density at radius 3 is 2.50 bits per heavy atom. The zero-order valence-corrected chi connectivity index (χ0v) is 11.6. The number of ether oxygens (including phenoxy) is 1. The number of methoxy groups -OCH3 is 1. The van der Waals surface area contributed by atoms with Crippen LogP contribution in [-0.2, 0) is 4.79 Å². The minimum atomic E-state index is -1.08. The second-order valence-corrected chi connectivity index (χ2v) is 5.02. The molecule has 0 heterocycles. The fourth-order valence-corrected chi connectivity index (χ4v) is 2.00. The van der Waals surface area contributed by atoms with Gasteiger partial charge in [-0.05, 0) is 17.5 Å². The van der Waals surface area contributed by atoms with Crippen LogP contribution in [0.15, 0.2) is 18.2 Å². The van der Waals surface area contributed by atoms with E-state index in [1.807, 2.05) is 18.2 Å². The molecule has 0 saturated carbocycles. The van der Waals surface area contributed by atoms with Crippen molar-refractivity contribution in [2.24, 2.45) is 5.73 Å². The lowest BCUT2D eigenvalue weighted by atomic mass is 9.96. The normalized spacial score (nSPS) is 14.3. The molecule has 0 amide bonds. The predicted octanol–water partition coefficient (Wildman–Crippen LogP) is 2.20. The maximum absolute atomic E-state index is 10.9. The van der Waals surface area contributed by atoms with E-state index in [9.17, 15) is 4.79 Å². The van der Waals surface area contributed by atoms with Gasteiger partial charge in [0.1, 0.15) is 11.8 Å². The number of carbonyl (C=O) groups is 1. The summed E-state index contributed by atoms with van der Waals surface area (Å²) >= 11 is 4.31. The average molecular weight is 269 g/mol. The highest BCUT2D eigenvalue weighted by Crippen LogP contribution is 2.33. The fourth-order valence-electron chi connectivity index (χ4n) is 1.67. The highest BCUT2D eigenvalue weighted by Gasteiger charge is 2.25. The highest BCUT2D eigenvalue weighted by atomic mass is 32.1. The third kappa shape index (κ3) is 3.17. The van der Waals surface area contributed by atoms with Gasteiger partial charge in [-0.2, -0.15) is 12.6 Å². The molecule has 0 aliphatic heterocycles. The van der Waals surface area contributed by atoms with Crippen LogP contribution >= 0.6 is 12.6 Å². The van der Waals surface area contributed by atoms with Crippen molar-refractivity contribution in [2.75, 3.05) is 7.11 Å². The zero-order chi connectivity index (χ0) is 13.9. The average Bonchev–Trinajstić information content (AvgIpc) is 2.35. The van der Waals surface area contributed by atoms with Gasteiger partial charge in [-0.25, -0.2) is 0 Å². The summed E-state index contributed by atoms with van der Waals surface area (Å²) in [5, 5.41) is 8.34. The largest absolute Gasteiger partial charge is 0.496 e. The molecule has 3 N–H and O–H groups in total. The van der Waals surface area contributed by atoms with E-state index in [0.29, 0.717) is 17.2 Å². The van der Waals surface area contributed by atoms with Gasteiger partial charge in [-0.1, -0.05) is 26.0 Å². The van der Waals surface area contributed by atoms with Gasteiger partial charge in [-0.3, -0.25) is 4.79 Å². The quantitative estimate of drug-likeness (QED) is 0.717. The molecule has 0 saturated heterocycles. The molecule has 18 heavy (non-hydrogen) atoms. The number of carboxylic acid groups (broad SMARTS) is 1. The van der Waals surface area contributed by atoms with Crippen molar-refractivity contribution < 1.29 is 14.6 Å². The van der Waals surface area contributed by atoms with Crippen molar-refractivity contribution in [1.82, 2.24) is 0 Å². The van der Waals surface area contributed by atoms with E-state index in [4.69, 9.17) is 15.6 Å². The van der Waals surface area contributed by atoms with E-state index < -0.39 is 17.3 Å². The van der Waals surface area contributed by atoms with E-state index >= 15 is 0 Å². The molecule has 0 spiro atoms. The Hall–Kier alpha value is -1.20. The molecule has 0 fully saturated rings. The van der Waals surface area contributed by atoms with Gasteiger partial charge >= 0.3 is 5.97 Å². The smallest absolute Gasteiger partial charge is 0.321 e. The number of rotatable bonds is 5. The molecule has 1 aromatic rings. The Morgan fingerprint density at radius 1 is 1.44 bits per heavy atom. The number of aliphatic carboxylic acids is 1. The lowest BCUT2D eigenvalue weighted by molar-refractivity contribution is -0.138. The molecular formula is C13H19NO3S. The van der Waals surface area contributed by atoms with E-state index in [2.05, 4.69) is 26.5 Å². The maximum atomic E-state index is 10.9. The number of hydrogen-bond donors (Lipinski definition) is 3. The number of thiol groups is 1. The molecule has 1 aromatic carbocycles. The van der Waals surface area contributed by atoms with E-state index in [1.165, 1.54) is 0 Å². The monoisotopic (exact) mass is 269 g/mol. The molecule has 0 bridgehead atoms. The predicted molar refractivity (Wildman–Crippen MR) is 74.4 cm³/mol. The molecule has 4 nitrogen and oxygen atoms in total. The van der Waals surface area contributed by atoms with Gasteiger partial charge < -0.3 is 15.6 Å². The van der Waals surface area contributed by atoms with E-state index in [-0.39, 0.29) is 0 Å². The molecule has 100 valence electrons. The summed E-state index contributed by atoms with van der Waals surface area (Å²) in [7, 11) is 1.54. The first-order valence-electron chi connectivity index (χ1n) is 5.72. The van der Waals surface area contributed by atoms with Crippen molar-refractivity contribution in [3.05, 3.63) is 29.3 Å². The van der Waals surface area contributed by atoms with Crippen LogP contribution < -0.4 is 10.5 Å². The first-order chi connectivity index (χ1) is 8.38. The third-order valence-corrected chi connectivity index (χ3v) is 3.46. The SMILES string of the molecule is COc1ccc(C(C)C)cc1C(S)C(N)C(=O)O. The molecule has 0 aliphatic rings. The Morgan fingerprint density at radius 2 is 2.06 bits per heavy atom. The topological polar surface area (TPSA) is 72.5 Å². The molecule has 1 rings (SSSR count). The second-order valence-electron chi connectivity index (χ2n) is 4.46. The lowest BCUT2D eigenvalue weighted by Crippen LogP contribution is -2.34. The first-order valence-corrected chi connectivity index (χ1v) is 6.24. The molecule has 2 atom stereocenters. The van der Waals surface area contributed by atoms with Crippen LogP contribution in [0.5, 0.6) is 5.75 Å². The van der Waals surface area contributed by atoms with E-state index in [1.54, 1.807) is 7.11 Å². The third-order valence-electron chi connectivity index (χ3n) is 2.86. The molecule has 0 radical (unpaired) electrons. The van der Waals surface area contributed by atoms with Crippen molar-refractivity contribution in [3.63, 3.8) is 0 Å². The summed E-state index contributed by atoms with van der Waals surface area (Å²) < 4.78 is 5.23. The Bertz CT molecular complexity index is 434. The molecule has 5 heteroatoms. The van der Waals surface area contributed by atoms with E-state index in [0.717, 1.165) is 5.56 Å². The summed E-state index contributed by atoms with van der Waals surface area (Å²) in [6.45, 7) is 4.13. The van der Waals surface area contributed by atoms with Crippen LogP contribution in [0.25, 0.3) is 0 Å². The summed E-state index contributed by atoms with van der Waals surface area (Å²) in [5.74, 6) is -0.126. The van der Waals surface area contributed by atoms with Gasteiger partial charge in [-0.15, -0.1) is 0 Å². The summed E-state index contributed by atoms with van der Waals surface area (Å²) in [4.78, 5) is 10.9. The van der Waals surface area contributed by atoms with Crippen molar-refractivity contribution in [1.29, 1.82) is 0 Å². The maximum Gasteiger partial charge on any atom is 0.321 e. The lowest BCUT2D eigenvalue weighted by Gasteiger charge is -2.20. The van der Waals surface area contributed by atoms with Gasteiger partial charge in [0.2, 0.25) is 0 Å². The van der Waals surface area contributed by atoms with Crippen molar-refractivity contribution in [2.45, 2.75) is 31.1 Å². The van der Waals surface area contributed by atoms with Gasteiger partial charge in [0.15, 0.2) is 0 Å².